The van der Waals surface area contributed by atoms with E-state index in [0.29, 0.717) is 27.9 Å². The molecule has 9 nitrogen and oxygen atoms in total. The maximum atomic E-state index is 12.5. The first-order valence-electron chi connectivity index (χ1n) is 8.91. The molecule has 2 N–H and O–H groups in total. The molecule has 10 heteroatoms. The molecule has 1 aliphatic heterocycles. The standard InChI is InChI=1S/C21H20N2O7S/c1-27-12-6-7-13(15(10-12)29-3)22-21-23-19(24)16(31-21)9-11-5-8-14(28-2)18(30-4)17(11)20(25)26/h5-10H,1-4H3,(H,25,26)(H,22,23,24)/b16-9+. The molecule has 2 aromatic carbocycles. The normalized spacial score (nSPS) is 15.7. The third kappa shape index (κ3) is 4.58. The summed E-state index contributed by atoms with van der Waals surface area (Å²) in [6, 6.07) is 8.23. The summed E-state index contributed by atoms with van der Waals surface area (Å²) >= 11 is 1.08. The monoisotopic (exact) mass is 444 g/mol. The first-order valence-corrected chi connectivity index (χ1v) is 9.73. The van der Waals surface area contributed by atoms with Gasteiger partial charge in [0.25, 0.3) is 5.91 Å². The van der Waals surface area contributed by atoms with E-state index < -0.39 is 11.9 Å². The second kappa shape index (κ2) is 9.43. The van der Waals surface area contributed by atoms with Crippen LogP contribution in [0.25, 0.3) is 6.08 Å². The highest BCUT2D eigenvalue weighted by molar-refractivity contribution is 8.18. The number of amidine groups is 1. The van der Waals surface area contributed by atoms with Crippen LogP contribution in [-0.4, -0.2) is 50.6 Å². The van der Waals surface area contributed by atoms with Crippen molar-refractivity contribution in [3.05, 3.63) is 46.4 Å². The van der Waals surface area contributed by atoms with E-state index in [1.54, 1.807) is 37.4 Å². The summed E-state index contributed by atoms with van der Waals surface area (Å²) in [6.45, 7) is 0. The van der Waals surface area contributed by atoms with Crippen LogP contribution in [0.3, 0.4) is 0 Å². The Morgan fingerprint density at radius 1 is 1.03 bits per heavy atom. The molecule has 1 heterocycles. The predicted molar refractivity (Wildman–Crippen MR) is 117 cm³/mol. The van der Waals surface area contributed by atoms with E-state index in [1.807, 2.05) is 0 Å². The largest absolute Gasteiger partial charge is 0.497 e. The summed E-state index contributed by atoms with van der Waals surface area (Å²) in [4.78, 5) is 29.0. The van der Waals surface area contributed by atoms with Crippen LogP contribution < -0.4 is 24.3 Å². The van der Waals surface area contributed by atoms with E-state index in [9.17, 15) is 14.7 Å². The second-order valence-corrected chi connectivity index (χ2v) is 7.12. The smallest absolute Gasteiger partial charge is 0.340 e. The molecule has 1 aliphatic rings. The number of ether oxygens (including phenoxy) is 4. The number of rotatable bonds is 7. The van der Waals surface area contributed by atoms with Crippen molar-refractivity contribution in [1.29, 1.82) is 0 Å². The molecule has 0 spiro atoms. The van der Waals surface area contributed by atoms with Crippen LogP contribution in [0.2, 0.25) is 0 Å². The summed E-state index contributed by atoms with van der Waals surface area (Å²) in [5, 5.41) is 12.7. The zero-order chi connectivity index (χ0) is 22.5. The minimum atomic E-state index is -1.21. The fourth-order valence-electron chi connectivity index (χ4n) is 2.89. The zero-order valence-electron chi connectivity index (χ0n) is 17.2. The van der Waals surface area contributed by atoms with Gasteiger partial charge in [-0.1, -0.05) is 6.07 Å². The Balaban J connectivity index is 1.97. The molecule has 0 unspecified atom stereocenters. The highest BCUT2D eigenvalue weighted by atomic mass is 32.2. The lowest BCUT2D eigenvalue weighted by molar-refractivity contribution is -0.115. The van der Waals surface area contributed by atoms with Gasteiger partial charge in [0.15, 0.2) is 16.7 Å². The van der Waals surface area contributed by atoms with Crippen molar-refractivity contribution in [2.75, 3.05) is 28.4 Å². The third-order valence-electron chi connectivity index (χ3n) is 4.34. The quantitative estimate of drug-likeness (QED) is 0.625. The molecular weight excluding hydrogens is 424 g/mol. The van der Waals surface area contributed by atoms with Gasteiger partial charge in [-0.05, 0) is 41.6 Å². The summed E-state index contributed by atoms with van der Waals surface area (Å²) in [5.74, 6) is -0.166. The summed E-state index contributed by atoms with van der Waals surface area (Å²) in [5.41, 5.74) is 0.695. The molecular formula is C21H20N2O7S. The molecule has 0 bridgehead atoms. The molecule has 1 fully saturated rings. The molecule has 0 aromatic heterocycles. The van der Waals surface area contributed by atoms with Crippen molar-refractivity contribution in [1.82, 2.24) is 5.32 Å². The lowest BCUT2D eigenvalue weighted by Crippen LogP contribution is -2.19. The number of thioether (sulfide) groups is 1. The Hall–Kier alpha value is -3.66. The number of carboxylic acids is 1. The van der Waals surface area contributed by atoms with Crippen molar-refractivity contribution in [2.24, 2.45) is 4.99 Å². The Kier molecular flexibility index (Phi) is 6.71. The highest BCUT2D eigenvalue weighted by Crippen LogP contribution is 2.37. The van der Waals surface area contributed by atoms with Crippen LogP contribution in [0.5, 0.6) is 23.0 Å². The third-order valence-corrected chi connectivity index (χ3v) is 5.25. The summed E-state index contributed by atoms with van der Waals surface area (Å²) in [7, 11) is 5.82. The minimum absolute atomic E-state index is 0.0737. The maximum absolute atomic E-state index is 12.5. The Bertz CT molecular complexity index is 1100. The molecule has 0 saturated carbocycles. The van der Waals surface area contributed by atoms with Gasteiger partial charge in [0.2, 0.25) is 0 Å². The minimum Gasteiger partial charge on any atom is -0.497 e. The summed E-state index contributed by atoms with van der Waals surface area (Å²) in [6.07, 6.45) is 1.47. The van der Waals surface area contributed by atoms with Gasteiger partial charge in [0.1, 0.15) is 22.7 Å². The number of aromatic carboxylic acids is 1. The zero-order valence-corrected chi connectivity index (χ0v) is 18.0. The van der Waals surface area contributed by atoms with E-state index in [-0.39, 0.29) is 22.0 Å². The Morgan fingerprint density at radius 3 is 2.39 bits per heavy atom. The van der Waals surface area contributed by atoms with E-state index in [0.717, 1.165) is 11.8 Å². The van der Waals surface area contributed by atoms with Gasteiger partial charge in [0, 0.05) is 6.07 Å². The van der Waals surface area contributed by atoms with Gasteiger partial charge < -0.3 is 29.4 Å². The SMILES string of the molecule is COc1ccc(N=C2NC(=O)/C(=C\c3ccc(OC)c(OC)c3C(=O)O)S2)c(OC)c1. The number of carbonyl (C=O) groups is 2. The van der Waals surface area contributed by atoms with E-state index in [2.05, 4.69) is 10.3 Å². The molecule has 0 atom stereocenters. The molecule has 0 aliphatic carbocycles. The van der Waals surface area contributed by atoms with Gasteiger partial charge in [-0.3, -0.25) is 4.79 Å². The lowest BCUT2D eigenvalue weighted by atomic mass is 10.0. The Labute approximate surface area is 182 Å². The van der Waals surface area contributed by atoms with Gasteiger partial charge in [-0.25, -0.2) is 9.79 Å². The molecule has 1 amide bonds. The van der Waals surface area contributed by atoms with Crippen molar-refractivity contribution < 1.29 is 33.6 Å². The number of benzene rings is 2. The van der Waals surface area contributed by atoms with E-state index in [1.165, 1.54) is 27.4 Å². The predicted octanol–water partition coefficient (Wildman–Crippen LogP) is 3.31. The molecule has 1 saturated heterocycles. The van der Waals surface area contributed by atoms with Crippen molar-refractivity contribution >= 4 is 40.6 Å². The molecule has 0 radical (unpaired) electrons. The van der Waals surface area contributed by atoms with Gasteiger partial charge >= 0.3 is 5.97 Å². The summed E-state index contributed by atoms with van der Waals surface area (Å²) < 4.78 is 20.9. The van der Waals surface area contributed by atoms with Crippen molar-refractivity contribution in [3.8, 4) is 23.0 Å². The molecule has 3 rings (SSSR count). The highest BCUT2D eigenvalue weighted by Gasteiger charge is 2.27. The van der Waals surface area contributed by atoms with Crippen LogP contribution in [0.1, 0.15) is 15.9 Å². The van der Waals surface area contributed by atoms with Crippen molar-refractivity contribution in [2.45, 2.75) is 0 Å². The second-order valence-electron chi connectivity index (χ2n) is 6.09. The average molecular weight is 444 g/mol. The van der Waals surface area contributed by atoms with Crippen molar-refractivity contribution in [3.63, 3.8) is 0 Å². The fraction of sp³-hybridized carbons (Fsp3) is 0.190. The van der Waals surface area contributed by atoms with Gasteiger partial charge in [0.05, 0.1) is 33.3 Å². The number of aliphatic imine (C=N–C) groups is 1. The van der Waals surface area contributed by atoms with Crippen LogP contribution in [0, 0.1) is 0 Å². The number of carboxylic acid groups (broad SMARTS) is 1. The lowest BCUT2D eigenvalue weighted by Gasteiger charge is -2.12. The molecule has 162 valence electrons. The van der Waals surface area contributed by atoms with Gasteiger partial charge in [-0.15, -0.1) is 0 Å². The van der Waals surface area contributed by atoms with Crippen LogP contribution in [0.15, 0.2) is 40.2 Å². The van der Waals surface area contributed by atoms with E-state index in [4.69, 9.17) is 18.9 Å². The number of hydrogen-bond donors (Lipinski definition) is 2. The van der Waals surface area contributed by atoms with Gasteiger partial charge in [-0.2, -0.15) is 0 Å². The molecule has 31 heavy (non-hydrogen) atoms. The first-order chi connectivity index (χ1) is 14.9. The topological polar surface area (TPSA) is 116 Å². The fourth-order valence-corrected chi connectivity index (χ4v) is 3.72. The van der Waals surface area contributed by atoms with E-state index >= 15 is 0 Å². The number of methoxy groups -OCH3 is 4. The maximum Gasteiger partial charge on any atom is 0.340 e. The average Bonchev–Trinajstić information content (AvgIpc) is 3.11. The van der Waals surface area contributed by atoms with Crippen LogP contribution in [-0.2, 0) is 4.79 Å². The number of amides is 1. The number of hydrogen-bond acceptors (Lipinski definition) is 8. The first kappa shape index (κ1) is 22.0. The van der Waals surface area contributed by atoms with Crippen LogP contribution >= 0.6 is 11.8 Å². The number of nitrogens with one attached hydrogen (secondary N) is 1. The Morgan fingerprint density at radius 2 is 1.77 bits per heavy atom. The number of carbonyl (C=O) groups excluding carboxylic acids is 1. The van der Waals surface area contributed by atoms with Crippen LogP contribution in [0.4, 0.5) is 5.69 Å². The number of nitrogens with zero attached hydrogens (tertiary/aromatic N) is 1. The molecule has 2 aromatic rings.